The van der Waals surface area contributed by atoms with E-state index in [-0.39, 0.29) is 11.7 Å². The van der Waals surface area contributed by atoms with Crippen LogP contribution < -0.4 is 0 Å². The van der Waals surface area contributed by atoms with Crippen molar-refractivity contribution in [3.05, 3.63) is 34.9 Å². The lowest BCUT2D eigenvalue weighted by molar-refractivity contribution is 0.0872. The van der Waals surface area contributed by atoms with Gasteiger partial charge in [-0.1, -0.05) is 18.0 Å². The minimum absolute atomic E-state index is 0.0538. The third kappa shape index (κ3) is 5.38. The molecule has 122 valence electrons. The summed E-state index contributed by atoms with van der Waals surface area (Å²) in [5, 5.41) is 0.675. The van der Waals surface area contributed by atoms with Crippen molar-refractivity contribution in [1.82, 2.24) is 9.80 Å². The molecule has 1 atom stereocenters. The highest BCUT2D eigenvalue weighted by Gasteiger charge is 2.22. The van der Waals surface area contributed by atoms with Crippen LogP contribution in [0.1, 0.15) is 36.0 Å². The average molecular weight is 323 g/mol. The zero-order chi connectivity index (χ0) is 15.9. The molecule has 1 saturated heterocycles. The SMILES string of the molecule is CN(C)CC(CCN1CCCCC1)C(=O)c1ccc(Cl)cc1. The number of ketones is 1. The Balaban J connectivity index is 1.97. The Kier molecular flexibility index (Phi) is 6.87. The largest absolute Gasteiger partial charge is 0.309 e. The highest BCUT2D eigenvalue weighted by Crippen LogP contribution is 2.18. The average Bonchev–Trinajstić information content (AvgIpc) is 2.52. The van der Waals surface area contributed by atoms with Crippen LogP contribution in [0.2, 0.25) is 5.02 Å². The first-order chi connectivity index (χ1) is 10.6. The predicted molar refractivity (Wildman–Crippen MR) is 92.7 cm³/mol. The van der Waals surface area contributed by atoms with Crippen LogP contribution in [0.15, 0.2) is 24.3 Å². The molecule has 1 heterocycles. The van der Waals surface area contributed by atoms with Gasteiger partial charge in [0, 0.05) is 23.0 Å². The van der Waals surface area contributed by atoms with Gasteiger partial charge in [-0.15, -0.1) is 0 Å². The van der Waals surface area contributed by atoms with Crippen LogP contribution in [0.4, 0.5) is 0 Å². The second-order valence-corrected chi connectivity index (χ2v) is 6.96. The van der Waals surface area contributed by atoms with E-state index in [0.29, 0.717) is 5.02 Å². The van der Waals surface area contributed by atoms with E-state index in [1.807, 2.05) is 26.2 Å². The van der Waals surface area contributed by atoms with Crippen LogP contribution in [0.25, 0.3) is 0 Å². The summed E-state index contributed by atoms with van der Waals surface area (Å²) in [6.07, 6.45) is 4.87. The van der Waals surface area contributed by atoms with Crippen LogP contribution in [-0.4, -0.2) is 55.9 Å². The number of rotatable bonds is 7. The third-order valence-electron chi connectivity index (χ3n) is 4.33. The van der Waals surface area contributed by atoms with E-state index in [1.54, 1.807) is 12.1 Å². The molecule has 4 heteroatoms. The van der Waals surface area contributed by atoms with Gasteiger partial charge in [-0.3, -0.25) is 4.79 Å². The van der Waals surface area contributed by atoms with E-state index in [1.165, 1.54) is 32.4 Å². The van der Waals surface area contributed by atoms with Crippen molar-refractivity contribution >= 4 is 17.4 Å². The molecule has 0 aliphatic carbocycles. The van der Waals surface area contributed by atoms with Crippen molar-refractivity contribution in [3.63, 3.8) is 0 Å². The van der Waals surface area contributed by atoms with E-state index >= 15 is 0 Å². The molecule has 3 nitrogen and oxygen atoms in total. The van der Waals surface area contributed by atoms with Gasteiger partial charge < -0.3 is 9.80 Å². The molecule has 0 aromatic heterocycles. The van der Waals surface area contributed by atoms with Gasteiger partial charge in [-0.25, -0.2) is 0 Å². The Morgan fingerprint density at radius 1 is 1.18 bits per heavy atom. The molecule has 22 heavy (non-hydrogen) atoms. The number of hydrogen-bond acceptors (Lipinski definition) is 3. The molecule has 0 saturated carbocycles. The molecule has 1 fully saturated rings. The minimum atomic E-state index is 0.0538. The number of halogens is 1. The molecular formula is C18H27ClN2O. The summed E-state index contributed by atoms with van der Waals surface area (Å²) in [5.74, 6) is 0.292. The Bertz CT molecular complexity index is 466. The molecule has 1 unspecified atom stereocenters. The van der Waals surface area contributed by atoms with Crippen molar-refractivity contribution in [3.8, 4) is 0 Å². The fourth-order valence-electron chi connectivity index (χ4n) is 3.12. The third-order valence-corrected chi connectivity index (χ3v) is 4.58. The van der Waals surface area contributed by atoms with Crippen molar-refractivity contribution in [2.45, 2.75) is 25.7 Å². The second-order valence-electron chi connectivity index (χ2n) is 6.52. The summed E-state index contributed by atoms with van der Waals surface area (Å²) in [4.78, 5) is 17.4. The Morgan fingerprint density at radius 2 is 1.82 bits per heavy atom. The maximum absolute atomic E-state index is 12.8. The van der Waals surface area contributed by atoms with Crippen molar-refractivity contribution < 1.29 is 4.79 Å². The molecule has 1 aliphatic heterocycles. The summed E-state index contributed by atoms with van der Waals surface area (Å²) in [6.45, 7) is 4.20. The number of carbonyl (C=O) groups excluding carboxylic acids is 1. The van der Waals surface area contributed by atoms with E-state index < -0.39 is 0 Å². The highest BCUT2D eigenvalue weighted by atomic mass is 35.5. The van der Waals surface area contributed by atoms with E-state index in [4.69, 9.17) is 11.6 Å². The van der Waals surface area contributed by atoms with Gasteiger partial charge in [0.1, 0.15) is 0 Å². The number of piperidine rings is 1. The first-order valence-electron chi connectivity index (χ1n) is 8.23. The number of nitrogens with zero attached hydrogens (tertiary/aromatic N) is 2. The molecule has 1 aromatic carbocycles. The van der Waals surface area contributed by atoms with Crippen molar-refractivity contribution in [2.24, 2.45) is 5.92 Å². The molecule has 2 rings (SSSR count). The van der Waals surface area contributed by atoms with Gasteiger partial charge in [0.25, 0.3) is 0 Å². The summed E-state index contributed by atoms with van der Waals surface area (Å²) in [5.41, 5.74) is 0.773. The quantitative estimate of drug-likeness (QED) is 0.717. The lowest BCUT2D eigenvalue weighted by Gasteiger charge is -2.28. The fourth-order valence-corrected chi connectivity index (χ4v) is 3.24. The van der Waals surface area contributed by atoms with Crippen molar-refractivity contribution in [2.75, 3.05) is 40.3 Å². The molecule has 1 aromatic rings. The van der Waals surface area contributed by atoms with Crippen LogP contribution in [0, 0.1) is 5.92 Å². The fraction of sp³-hybridized carbons (Fsp3) is 0.611. The smallest absolute Gasteiger partial charge is 0.167 e. The maximum Gasteiger partial charge on any atom is 0.167 e. The number of Topliss-reactive ketones (excluding diaryl/α,β-unsaturated/α-hetero) is 1. The van der Waals surface area contributed by atoms with Gasteiger partial charge in [0.15, 0.2) is 5.78 Å². The van der Waals surface area contributed by atoms with Gasteiger partial charge in [0.2, 0.25) is 0 Å². The Labute approximate surface area is 139 Å². The summed E-state index contributed by atoms with van der Waals surface area (Å²) in [6, 6.07) is 7.28. The van der Waals surface area contributed by atoms with E-state index in [2.05, 4.69) is 9.80 Å². The van der Waals surface area contributed by atoms with Crippen LogP contribution in [0.5, 0.6) is 0 Å². The molecule has 0 bridgehead atoms. The summed E-state index contributed by atoms with van der Waals surface area (Å²) < 4.78 is 0. The molecule has 0 spiro atoms. The monoisotopic (exact) mass is 322 g/mol. The Hall–Kier alpha value is -0.900. The number of carbonyl (C=O) groups is 1. The zero-order valence-electron chi connectivity index (χ0n) is 13.7. The Morgan fingerprint density at radius 3 is 2.41 bits per heavy atom. The molecule has 0 N–H and O–H groups in total. The second kappa shape index (κ2) is 8.66. The normalized spacial score (nSPS) is 17.6. The number of hydrogen-bond donors (Lipinski definition) is 0. The maximum atomic E-state index is 12.8. The van der Waals surface area contributed by atoms with Gasteiger partial charge in [0.05, 0.1) is 0 Å². The molecule has 0 radical (unpaired) electrons. The number of benzene rings is 1. The van der Waals surface area contributed by atoms with Gasteiger partial charge >= 0.3 is 0 Å². The lowest BCUT2D eigenvalue weighted by atomic mass is 9.93. The molecule has 0 amide bonds. The summed E-state index contributed by atoms with van der Waals surface area (Å²) >= 11 is 5.92. The molecular weight excluding hydrogens is 296 g/mol. The first kappa shape index (κ1) is 17.5. The van der Waals surface area contributed by atoms with Crippen LogP contribution in [-0.2, 0) is 0 Å². The lowest BCUT2D eigenvalue weighted by Crippen LogP contribution is -2.35. The molecule has 1 aliphatic rings. The number of likely N-dealkylation sites (tertiary alicyclic amines) is 1. The highest BCUT2D eigenvalue weighted by molar-refractivity contribution is 6.30. The summed E-state index contributed by atoms with van der Waals surface area (Å²) in [7, 11) is 4.06. The predicted octanol–water partition coefficient (Wildman–Crippen LogP) is 3.58. The van der Waals surface area contributed by atoms with E-state index in [9.17, 15) is 4.79 Å². The first-order valence-corrected chi connectivity index (χ1v) is 8.61. The standard InChI is InChI=1S/C18H27ClN2O/c1-20(2)14-16(10-13-21-11-4-3-5-12-21)18(22)15-6-8-17(19)9-7-15/h6-9,16H,3-5,10-14H2,1-2H3. The minimum Gasteiger partial charge on any atom is -0.309 e. The van der Waals surface area contributed by atoms with E-state index in [0.717, 1.165) is 25.1 Å². The van der Waals surface area contributed by atoms with Gasteiger partial charge in [-0.05, 0) is 77.3 Å². The topological polar surface area (TPSA) is 23.6 Å². The van der Waals surface area contributed by atoms with Crippen LogP contribution >= 0.6 is 11.6 Å². The van der Waals surface area contributed by atoms with Crippen molar-refractivity contribution in [1.29, 1.82) is 0 Å². The zero-order valence-corrected chi connectivity index (χ0v) is 14.5. The van der Waals surface area contributed by atoms with Gasteiger partial charge in [-0.2, -0.15) is 0 Å². The van der Waals surface area contributed by atoms with Crippen LogP contribution in [0.3, 0.4) is 0 Å².